The van der Waals surface area contributed by atoms with Crippen LogP contribution in [-0.4, -0.2) is 9.97 Å². The first-order valence-electron chi connectivity index (χ1n) is 3.79. The van der Waals surface area contributed by atoms with Crippen molar-refractivity contribution in [3.05, 3.63) is 23.2 Å². The molecule has 0 saturated carbocycles. The molecule has 60 valence electrons. The Labute approximate surface area is 71.6 Å². The first-order chi connectivity index (χ1) is 5.34. The molecule has 0 spiro atoms. The molecule has 0 aliphatic heterocycles. The Morgan fingerprint density at radius 1 is 1.55 bits per heavy atom. The minimum Gasteiger partial charge on any atom is -0.243 e. The van der Waals surface area contributed by atoms with Crippen molar-refractivity contribution in [2.45, 2.75) is 26.2 Å². The molecule has 0 N–H and O–H groups in total. The zero-order valence-electron chi connectivity index (χ0n) is 6.55. The minimum absolute atomic E-state index is 0.681. The highest BCUT2D eigenvalue weighted by Gasteiger charge is 1.98. The molecule has 0 amide bonds. The number of halogens is 1. The van der Waals surface area contributed by atoms with Crippen LogP contribution in [0.5, 0.6) is 0 Å². The number of aromatic nitrogens is 2. The molecule has 0 aliphatic carbocycles. The predicted molar refractivity (Wildman–Crippen MR) is 45.7 cm³/mol. The lowest BCUT2D eigenvalue weighted by atomic mass is 10.2. The van der Waals surface area contributed by atoms with Gasteiger partial charge in [-0.3, -0.25) is 0 Å². The van der Waals surface area contributed by atoms with Gasteiger partial charge < -0.3 is 0 Å². The number of aryl methyl sites for hydroxylation is 1. The van der Waals surface area contributed by atoms with Crippen LogP contribution in [0.1, 0.15) is 25.5 Å². The maximum Gasteiger partial charge on any atom is 0.115 e. The Kier molecular flexibility index (Phi) is 3.30. The SMILES string of the molecule is CCCCc1ncncc1Cl. The van der Waals surface area contributed by atoms with Crippen molar-refractivity contribution in [2.24, 2.45) is 0 Å². The quantitative estimate of drug-likeness (QED) is 0.697. The van der Waals surface area contributed by atoms with Gasteiger partial charge in [0.25, 0.3) is 0 Å². The monoisotopic (exact) mass is 170 g/mol. The van der Waals surface area contributed by atoms with Gasteiger partial charge >= 0.3 is 0 Å². The lowest BCUT2D eigenvalue weighted by Gasteiger charge is -1.98. The second-order valence-electron chi connectivity index (χ2n) is 2.42. The molecular formula is C8H11ClN2. The van der Waals surface area contributed by atoms with Gasteiger partial charge in [-0.05, 0) is 12.8 Å². The molecular weight excluding hydrogens is 160 g/mol. The van der Waals surface area contributed by atoms with Gasteiger partial charge in [0.05, 0.1) is 10.7 Å². The lowest BCUT2D eigenvalue weighted by molar-refractivity contribution is 0.773. The first-order valence-corrected chi connectivity index (χ1v) is 4.16. The van der Waals surface area contributed by atoms with Crippen molar-refractivity contribution >= 4 is 11.6 Å². The molecule has 0 radical (unpaired) electrons. The van der Waals surface area contributed by atoms with Gasteiger partial charge in [0.1, 0.15) is 6.33 Å². The van der Waals surface area contributed by atoms with Gasteiger partial charge in [-0.25, -0.2) is 9.97 Å². The van der Waals surface area contributed by atoms with Crippen LogP contribution in [0.2, 0.25) is 5.02 Å². The molecule has 0 bridgehead atoms. The molecule has 3 heteroatoms. The fourth-order valence-electron chi connectivity index (χ4n) is 0.866. The summed E-state index contributed by atoms with van der Waals surface area (Å²) in [6.45, 7) is 2.15. The lowest BCUT2D eigenvalue weighted by Crippen LogP contribution is -1.91. The van der Waals surface area contributed by atoms with Gasteiger partial charge in [-0.2, -0.15) is 0 Å². The molecule has 11 heavy (non-hydrogen) atoms. The van der Waals surface area contributed by atoms with E-state index in [0.29, 0.717) is 5.02 Å². The summed E-state index contributed by atoms with van der Waals surface area (Å²) in [5.41, 5.74) is 0.962. The van der Waals surface area contributed by atoms with Crippen LogP contribution >= 0.6 is 11.6 Å². The van der Waals surface area contributed by atoms with E-state index in [1.54, 1.807) is 6.20 Å². The van der Waals surface area contributed by atoms with Crippen LogP contribution in [0, 0.1) is 0 Å². The van der Waals surface area contributed by atoms with E-state index < -0.39 is 0 Å². The number of hydrogen-bond donors (Lipinski definition) is 0. The smallest absolute Gasteiger partial charge is 0.115 e. The molecule has 1 heterocycles. The maximum atomic E-state index is 5.83. The van der Waals surface area contributed by atoms with Gasteiger partial charge in [-0.1, -0.05) is 24.9 Å². The van der Waals surface area contributed by atoms with E-state index in [1.807, 2.05) is 0 Å². The number of rotatable bonds is 3. The average Bonchev–Trinajstić information content (AvgIpc) is 2.03. The average molecular weight is 171 g/mol. The highest BCUT2D eigenvalue weighted by atomic mass is 35.5. The highest BCUT2D eigenvalue weighted by molar-refractivity contribution is 6.31. The zero-order valence-corrected chi connectivity index (χ0v) is 7.30. The van der Waals surface area contributed by atoms with Crippen molar-refractivity contribution in [3.8, 4) is 0 Å². The number of nitrogens with zero attached hydrogens (tertiary/aromatic N) is 2. The van der Waals surface area contributed by atoms with E-state index in [2.05, 4.69) is 16.9 Å². The summed E-state index contributed by atoms with van der Waals surface area (Å²) < 4.78 is 0. The molecule has 0 saturated heterocycles. The Balaban J connectivity index is 2.62. The second-order valence-corrected chi connectivity index (χ2v) is 2.83. The van der Waals surface area contributed by atoms with Crippen LogP contribution in [0.4, 0.5) is 0 Å². The van der Waals surface area contributed by atoms with E-state index in [4.69, 9.17) is 11.6 Å². The molecule has 1 rings (SSSR count). The molecule has 0 fully saturated rings. The number of unbranched alkanes of at least 4 members (excludes halogenated alkanes) is 1. The summed E-state index contributed by atoms with van der Waals surface area (Å²) >= 11 is 5.83. The summed E-state index contributed by atoms with van der Waals surface area (Å²) in [7, 11) is 0. The normalized spacial score (nSPS) is 10.0. The van der Waals surface area contributed by atoms with Gasteiger partial charge in [0.15, 0.2) is 0 Å². The molecule has 0 aliphatic rings. The maximum absolute atomic E-state index is 5.83. The molecule has 1 aromatic rings. The van der Waals surface area contributed by atoms with Gasteiger partial charge in [0, 0.05) is 6.20 Å². The van der Waals surface area contributed by atoms with Crippen molar-refractivity contribution in [1.29, 1.82) is 0 Å². The summed E-state index contributed by atoms with van der Waals surface area (Å²) in [4.78, 5) is 7.88. The fourth-order valence-corrected chi connectivity index (χ4v) is 1.07. The number of hydrogen-bond acceptors (Lipinski definition) is 2. The third-order valence-electron chi connectivity index (χ3n) is 1.51. The largest absolute Gasteiger partial charge is 0.243 e. The Hall–Kier alpha value is -0.630. The Morgan fingerprint density at radius 2 is 2.36 bits per heavy atom. The Bertz CT molecular complexity index is 225. The van der Waals surface area contributed by atoms with Crippen LogP contribution in [0.25, 0.3) is 0 Å². The molecule has 0 atom stereocenters. The summed E-state index contributed by atoms with van der Waals surface area (Å²) in [6, 6.07) is 0. The second kappa shape index (κ2) is 4.29. The third-order valence-corrected chi connectivity index (χ3v) is 1.83. The predicted octanol–water partition coefficient (Wildman–Crippen LogP) is 2.47. The zero-order chi connectivity index (χ0) is 8.10. The molecule has 0 unspecified atom stereocenters. The molecule has 1 aromatic heterocycles. The van der Waals surface area contributed by atoms with Crippen LogP contribution < -0.4 is 0 Å². The molecule has 2 nitrogen and oxygen atoms in total. The van der Waals surface area contributed by atoms with Crippen molar-refractivity contribution in [1.82, 2.24) is 9.97 Å². The van der Waals surface area contributed by atoms with Crippen molar-refractivity contribution in [3.63, 3.8) is 0 Å². The van der Waals surface area contributed by atoms with E-state index in [1.165, 1.54) is 12.7 Å². The van der Waals surface area contributed by atoms with E-state index >= 15 is 0 Å². The topological polar surface area (TPSA) is 25.8 Å². The molecule has 0 aromatic carbocycles. The van der Waals surface area contributed by atoms with E-state index in [-0.39, 0.29) is 0 Å². The van der Waals surface area contributed by atoms with Crippen LogP contribution in [0.3, 0.4) is 0 Å². The van der Waals surface area contributed by atoms with Crippen molar-refractivity contribution < 1.29 is 0 Å². The van der Waals surface area contributed by atoms with Crippen LogP contribution in [-0.2, 0) is 6.42 Å². The minimum atomic E-state index is 0.681. The van der Waals surface area contributed by atoms with Gasteiger partial charge in [-0.15, -0.1) is 0 Å². The van der Waals surface area contributed by atoms with Crippen molar-refractivity contribution in [2.75, 3.05) is 0 Å². The third kappa shape index (κ3) is 2.46. The standard InChI is InChI=1S/C8H11ClN2/c1-2-3-4-8-7(9)5-10-6-11-8/h5-6H,2-4H2,1H3. The van der Waals surface area contributed by atoms with E-state index in [0.717, 1.165) is 18.5 Å². The first kappa shape index (κ1) is 8.47. The van der Waals surface area contributed by atoms with Crippen LogP contribution in [0.15, 0.2) is 12.5 Å². The Morgan fingerprint density at radius 3 is 3.00 bits per heavy atom. The summed E-state index contributed by atoms with van der Waals surface area (Å²) in [6.07, 6.45) is 6.44. The summed E-state index contributed by atoms with van der Waals surface area (Å²) in [5.74, 6) is 0. The highest BCUT2D eigenvalue weighted by Crippen LogP contribution is 2.12. The van der Waals surface area contributed by atoms with Gasteiger partial charge in [0.2, 0.25) is 0 Å². The van der Waals surface area contributed by atoms with E-state index in [9.17, 15) is 0 Å². The summed E-state index contributed by atoms with van der Waals surface area (Å²) in [5, 5.41) is 0.681. The fraction of sp³-hybridized carbons (Fsp3) is 0.500.